The van der Waals surface area contributed by atoms with Gasteiger partial charge >= 0.3 is 0 Å². The van der Waals surface area contributed by atoms with Gasteiger partial charge in [0.05, 0.1) is 12.7 Å². The van der Waals surface area contributed by atoms with Crippen molar-refractivity contribution in [3.8, 4) is 0 Å². The lowest BCUT2D eigenvalue weighted by Crippen LogP contribution is -2.10. The van der Waals surface area contributed by atoms with Gasteiger partial charge in [0.2, 0.25) is 0 Å². The van der Waals surface area contributed by atoms with Crippen LogP contribution in [0.2, 0.25) is 0 Å². The highest BCUT2D eigenvalue weighted by atomic mass is 16.5. The van der Waals surface area contributed by atoms with Crippen molar-refractivity contribution in [1.29, 1.82) is 0 Å². The van der Waals surface area contributed by atoms with E-state index >= 15 is 0 Å². The summed E-state index contributed by atoms with van der Waals surface area (Å²) in [5.41, 5.74) is 5.38. The molecule has 22 heavy (non-hydrogen) atoms. The van der Waals surface area contributed by atoms with Gasteiger partial charge in [0.25, 0.3) is 0 Å². The molecule has 1 saturated carbocycles. The second kappa shape index (κ2) is 12.5. The summed E-state index contributed by atoms with van der Waals surface area (Å²) in [7, 11) is 0. The first-order chi connectivity index (χ1) is 10.8. The molecule has 126 valence electrons. The number of hydrogen-bond donors (Lipinski definition) is 2. The SMILES string of the molecule is C\C=C(/C=C\C=C\C(O)CCN)OCCCC1CCCCC1. The Hall–Kier alpha value is -1.06. The molecular weight excluding hydrogens is 274 g/mol. The van der Waals surface area contributed by atoms with Crippen LogP contribution in [-0.4, -0.2) is 24.4 Å². The summed E-state index contributed by atoms with van der Waals surface area (Å²) in [6.45, 7) is 3.27. The van der Waals surface area contributed by atoms with Crippen LogP contribution in [0.3, 0.4) is 0 Å². The van der Waals surface area contributed by atoms with E-state index in [9.17, 15) is 5.11 Å². The Morgan fingerprint density at radius 2 is 2.05 bits per heavy atom. The maximum Gasteiger partial charge on any atom is 0.115 e. The average Bonchev–Trinajstić information content (AvgIpc) is 2.54. The summed E-state index contributed by atoms with van der Waals surface area (Å²) in [5.74, 6) is 1.82. The van der Waals surface area contributed by atoms with E-state index in [0.717, 1.165) is 24.7 Å². The molecule has 1 atom stereocenters. The molecule has 3 heteroatoms. The maximum absolute atomic E-state index is 9.52. The van der Waals surface area contributed by atoms with Crippen LogP contribution in [0, 0.1) is 5.92 Å². The summed E-state index contributed by atoms with van der Waals surface area (Å²) >= 11 is 0. The largest absolute Gasteiger partial charge is 0.494 e. The Morgan fingerprint density at radius 3 is 2.73 bits per heavy atom. The van der Waals surface area contributed by atoms with Crippen LogP contribution in [-0.2, 0) is 4.74 Å². The molecule has 1 fully saturated rings. The number of aliphatic hydroxyl groups excluding tert-OH is 1. The van der Waals surface area contributed by atoms with Gasteiger partial charge in [0, 0.05) is 0 Å². The van der Waals surface area contributed by atoms with Crippen LogP contribution < -0.4 is 5.73 Å². The molecular formula is C19H33NO2. The van der Waals surface area contributed by atoms with Crippen LogP contribution in [0.25, 0.3) is 0 Å². The van der Waals surface area contributed by atoms with Gasteiger partial charge < -0.3 is 15.6 Å². The predicted octanol–water partition coefficient (Wildman–Crippen LogP) is 4.09. The minimum atomic E-state index is -0.458. The lowest BCUT2D eigenvalue weighted by Gasteiger charge is -2.21. The first-order valence-corrected chi connectivity index (χ1v) is 8.78. The van der Waals surface area contributed by atoms with E-state index in [1.54, 1.807) is 6.08 Å². The standard InChI is InChI=1S/C19H33NO2/c1-2-19(13-7-6-12-18(21)14-15-20)22-16-8-11-17-9-4-3-5-10-17/h2,6-7,12-13,17-18,21H,3-5,8-11,14-16,20H2,1H3/b12-6+,13-7-,19-2+. The normalized spacial score (nSPS) is 19.1. The number of hydrogen-bond acceptors (Lipinski definition) is 3. The van der Waals surface area contributed by atoms with Gasteiger partial charge in [0.1, 0.15) is 5.76 Å². The van der Waals surface area contributed by atoms with Crippen molar-refractivity contribution in [1.82, 2.24) is 0 Å². The van der Waals surface area contributed by atoms with Crippen molar-refractivity contribution in [2.45, 2.75) is 64.4 Å². The third kappa shape index (κ3) is 9.06. The Bertz CT molecular complexity index is 354. The molecule has 1 aliphatic rings. The van der Waals surface area contributed by atoms with Crippen molar-refractivity contribution < 1.29 is 9.84 Å². The van der Waals surface area contributed by atoms with Crippen molar-refractivity contribution in [2.75, 3.05) is 13.2 Å². The molecule has 0 saturated heterocycles. The second-order valence-electron chi connectivity index (χ2n) is 6.07. The third-order valence-corrected chi connectivity index (χ3v) is 4.20. The van der Waals surface area contributed by atoms with Crippen molar-refractivity contribution in [2.24, 2.45) is 11.7 Å². The Morgan fingerprint density at radius 1 is 1.27 bits per heavy atom. The summed E-state index contributed by atoms with van der Waals surface area (Å²) in [4.78, 5) is 0. The van der Waals surface area contributed by atoms with E-state index in [1.165, 1.54) is 38.5 Å². The summed E-state index contributed by atoms with van der Waals surface area (Å²) in [6.07, 6.45) is 19.0. The number of nitrogens with two attached hydrogens (primary N) is 1. The molecule has 1 aliphatic carbocycles. The molecule has 1 rings (SSSR count). The highest BCUT2D eigenvalue weighted by molar-refractivity contribution is 5.17. The molecule has 1 unspecified atom stereocenters. The molecule has 0 bridgehead atoms. The van der Waals surface area contributed by atoms with Gasteiger partial charge in [-0.25, -0.2) is 0 Å². The number of allylic oxidation sites excluding steroid dienone is 4. The van der Waals surface area contributed by atoms with Gasteiger partial charge in [0.15, 0.2) is 0 Å². The van der Waals surface area contributed by atoms with E-state index in [1.807, 2.05) is 31.2 Å². The molecule has 0 spiro atoms. The molecule has 3 nitrogen and oxygen atoms in total. The van der Waals surface area contributed by atoms with E-state index in [-0.39, 0.29) is 0 Å². The lowest BCUT2D eigenvalue weighted by molar-refractivity contribution is 0.203. The fourth-order valence-corrected chi connectivity index (χ4v) is 2.88. The highest BCUT2D eigenvalue weighted by Crippen LogP contribution is 2.27. The van der Waals surface area contributed by atoms with Crippen LogP contribution in [0.15, 0.2) is 36.1 Å². The predicted molar refractivity (Wildman–Crippen MR) is 93.5 cm³/mol. The smallest absolute Gasteiger partial charge is 0.115 e. The molecule has 0 radical (unpaired) electrons. The second-order valence-corrected chi connectivity index (χ2v) is 6.07. The Balaban J connectivity index is 2.16. The van der Waals surface area contributed by atoms with Gasteiger partial charge in [-0.2, -0.15) is 0 Å². The Kier molecular flexibility index (Phi) is 10.8. The topological polar surface area (TPSA) is 55.5 Å². The molecule has 0 heterocycles. The fourth-order valence-electron chi connectivity index (χ4n) is 2.88. The van der Waals surface area contributed by atoms with Crippen LogP contribution in [0.4, 0.5) is 0 Å². The molecule has 0 amide bonds. The molecule has 0 aromatic carbocycles. The molecule has 0 aliphatic heterocycles. The zero-order valence-electron chi connectivity index (χ0n) is 14.0. The summed E-state index contributed by atoms with van der Waals surface area (Å²) in [6, 6.07) is 0. The monoisotopic (exact) mass is 307 g/mol. The van der Waals surface area contributed by atoms with E-state index in [2.05, 4.69) is 0 Å². The van der Waals surface area contributed by atoms with Crippen molar-refractivity contribution in [3.05, 3.63) is 36.1 Å². The van der Waals surface area contributed by atoms with Crippen LogP contribution in [0.1, 0.15) is 58.3 Å². The van der Waals surface area contributed by atoms with E-state index in [4.69, 9.17) is 10.5 Å². The minimum Gasteiger partial charge on any atom is -0.494 e. The molecule has 0 aromatic rings. The maximum atomic E-state index is 9.52. The summed E-state index contributed by atoms with van der Waals surface area (Å²) in [5, 5.41) is 9.52. The molecule has 0 aromatic heterocycles. The van der Waals surface area contributed by atoms with Crippen molar-refractivity contribution >= 4 is 0 Å². The van der Waals surface area contributed by atoms with Crippen LogP contribution in [0.5, 0.6) is 0 Å². The quantitative estimate of drug-likeness (QED) is 0.363. The summed E-state index contributed by atoms with van der Waals surface area (Å²) < 4.78 is 5.79. The lowest BCUT2D eigenvalue weighted by atomic mass is 9.86. The van der Waals surface area contributed by atoms with Gasteiger partial charge in [-0.3, -0.25) is 0 Å². The third-order valence-electron chi connectivity index (χ3n) is 4.20. The Labute approximate surface area is 135 Å². The van der Waals surface area contributed by atoms with Gasteiger partial charge in [-0.05, 0) is 50.8 Å². The number of ether oxygens (including phenoxy) is 1. The van der Waals surface area contributed by atoms with Crippen molar-refractivity contribution in [3.63, 3.8) is 0 Å². The first-order valence-electron chi connectivity index (χ1n) is 8.78. The van der Waals surface area contributed by atoms with E-state index < -0.39 is 6.10 Å². The van der Waals surface area contributed by atoms with Gasteiger partial charge in [-0.1, -0.05) is 50.3 Å². The first kappa shape index (κ1) is 19.0. The van der Waals surface area contributed by atoms with Crippen LogP contribution >= 0.6 is 0 Å². The highest BCUT2D eigenvalue weighted by Gasteiger charge is 2.12. The average molecular weight is 307 g/mol. The zero-order valence-corrected chi connectivity index (χ0v) is 14.0. The fraction of sp³-hybridized carbons (Fsp3) is 0.684. The number of rotatable bonds is 10. The van der Waals surface area contributed by atoms with Gasteiger partial charge in [-0.15, -0.1) is 0 Å². The zero-order chi connectivity index (χ0) is 16.0. The van der Waals surface area contributed by atoms with E-state index in [0.29, 0.717) is 13.0 Å². The number of aliphatic hydroxyl groups is 1. The minimum absolute atomic E-state index is 0.458. The molecule has 3 N–H and O–H groups in total.